The highest BCUT2D eigenvalue weighted by Gasteiger charge is 2.33. The number of aliphatic hydroxyl groups is 1. The zero-order valence-corrected chi connectivity index (χ0v) is 13.1. The largest absolute Gasteiger partial charge is 0.394 e. The van der Waals surface area contributed by atoms with Gasteiger partial charge in [-0.25, -0.2) is 0 Å². The van der Waals surface area contributed by atoms with Crippen LogP contribution in [0.25, 0.3) is 0 Å². The van der Waals surface area contributed by atoms with Gasteiger partial charge in [0.05, 0.1) is 17.1 Å². The van der Waals surface area contributed by atoms with Crippen LogP contribution < -0.4 is 5.32 Å². The quantitative estimate of drug-likeness (QED) is 0.640. The molecule has 1 aromatic carbocycles. The Labute approximate surface area is 130 Å². The Hall–Kier alpha value is -1.47. The molecule has 1 aliphatic carbocycles. The van der Waals surface area contributed by atoms with Crippen molar-refractivity contribution >= 4 is 27.5 Å². The molecule has 0 bridgehead atoms. The van der Waals surface area contributed by atoms with E-state index in [1.807, 2.05) is 0 Å². The van der Waals surface area contributed by atoms with E-state index in [2.05, 4.69) is 21.2 Å². The Morgan fingerprint density at radius 1 is 1.33 bits per heavy atom. The van der Waals surface area contributed by atoms with Crippen LogP contribution in [0, 0.1) is 10.1 Å². The van der Waals surface area contributed by atoms with Gasteiger partial charge in [-0.15, -0.1) is 0 Å². The number of hydrogen-bond donors (Lipinski definition) is 2. The van der Waals surface area contributed by atoms with Crippen LogP contribution in [-0.2, 0) is 0 Å². The number of carbonyl (C=O) groups is 1. The van der Waals surface area contributed by atoms with Gasteiger partial charge >= 0.3 is 0 Å². The van der Waals surface area contributed by atoms with Crippen LogP contribution in [-0.4, -0.2) is 28.1 Å². The highest BCUT2D eigenvalue weighted by Crippen LogP contribution is 2.29. The third-order valence-electron chi connectivity index (χ3n) is 3.85. The molecule has 0 unspecified atom stereocenters. The van der Waals surface area contributed by atoms with Crippen LogP contribution in [0.1, 0.15) is 42.5 Å². The summed E-state index contributed by atoms with van der Waals surface area (Å²) in [6, 6.07) is 4.13. The van der Waals surface area contributed by atoms with Crippen molar-refractivity contribution in [1.29, 1.82) is 0 Å². The number of nitrogens with one attached hydrogen (secondary N) is 1. The maximum atomic E-state index is 12.3. The summed E-state index contributed by atoms with van der Waals surface area (Å²) in [5.74, 6) is -0.393. The topological polar surface area (TPSA) is 92.5 Å². The summed E-state index contributed by atoms with van der Waals surface area (Å²) in [4.78, 5) is 22.7. The van der Waals surface area contributed by atoms with Gasteiger partial charge in [-0.1, -0.05) is 35.2 Å². The van der Waals surface area contributed by atoms with Crippen molar-refractivity contribution in [2.45, 2.75) is 37.6 Å². The van der Waals surface area contributed by atoms with Crippen molar-refractivity contribution < 1.29 is 14.8 Å². The molecule has 1 fully saturated rings. The molecule has 2 rings (SSSR count). The standard InChI is InChI=1S/C14H17BrN2O4/c15-11-6-10(7-12(8-11)17(20)21)13(19)16-14(9-18)4-2-1-3-5-14/h6-8,18H,1-5,9H2,(H,16,19). The summed E-state index contributed by atoms with van der Waals surface area (Å²) in [6.07, 6.45) is 4.47. The van der Waals surface area contributed by atoms with E-state index in [1.54, 1.807) is 0 Å². The van der Waals surface area contributed by atoms with Crippen molar-refractivity contribution in [2.75, 3.05) is 6.61 Å². The van der Waals surface area contributed by atoms with E-state index >= 15 is 0 Å². The van der Waals surface area contributed by atoms with E-state index in [0.717, 1.165) is 32.1 Å². The molecule has 7 heteroatoms. The Bertz CT molecular complexity index is 556. The minimum absolute atomic E-state index is 0.116. The number of carbonyl (C=O) groups excluding carboxylic acids is 1. The number of rotatable bonds is 4. The molecule has 6 nitrogen and oxygen atoms in total. The van der Waals surface area contributed by atoms with Gasteiger partial charge in [-0.3, -0.25) is 14.9 Å². The first-order valence-corrected chi connectivity index (χ1v) is 7.63. The fourth-order valence-electron chi connectivity index (χ4n) is 2.67. The first kappa shape index (κ1) is 15.9. The molecule has 1 aliphatic rings. The SMILES string of the molecule is O=C(NC1(CO)CCCCC1)c1cc(Br)cc([N+](=O)[O-])c1. The highest BCUT2D eigenvalue weighted by molar-refractivity contribution is 9.10. The van der Waals surface area contributed by atoms with Gasteiger partial charge in [0.1, 0.15) is 0 Å². The Morgan fingerprint density at radius 2 is 2.00 bits per heavy atom. The first-order valence-electron chi connectivity index (χ1n) is 6.84. The van der Waals surface area contributed by atoms with E-state index in [-0.39, 0.29) is 17.9 Å². The van der Waals surface area contributed by atoms with E-state index in [0.29, 0.717) is 4.47 Å². The number of nitro benzene ring substituents is 1. The lowest BCUT2D eigenvalue weighted by Gasteiger charge is -2.36. The molecule has 21 heavy (non-hydrogen) atoms. The minimum Gasteiger partial charge on any atom is -0.394 e. The van der Waals surface area contributed by atoms with Gasteiger partial charge in [0.25, 0.3) is 11.6 Å². The summed E-state index contributed by atoms with van der Waals surface area (Å²) in [6.45, 7) is -0.116. The molecule has 0 radical (unpaired) electrons. The third kappa shape index (κ3) is 3.79. The summed E-state index contributed by atoms with van der Waals surface area (Å²) in [5, 5.41) is 23.3. The molecule has 0 saturated heterocycles. The lowest BCUT2D eigenvalue weighted by atomic mass is 9.82. The summed E-state index contributed by atoms with van der Waals surface area (Å²) < 4.78 is 0.476. The van der Waals surface area contributed by atoms with Crippen molar-refractivity contribution in [2.24, 2.45) is 0 Å². The molecular formula is C14H17BrN2O4. The second-order valence-electron chi connectivity index (χ2n) is 5.41. The summed E-state index contributed by atoms with van der Waals surface area (Å²) in [7, 11) is 0. The van der Waals surface area contributed by atoms with Gasteiger partial charge in [0, 0.05) is 22.2 Å². The van der Waals surface area contributed by atoms with Crippen LogP contribution in [0.4, 0.5) is 5.69 Å². The lowest BCUT2D eigenvalue weighted by Crippen LogP contribution is -2.52. The lowest BCUT2D eigenvalue weighted by molar-refractivity contribution is -0.385. The summed E-state index contributed by atoms with van der Waals surface area (Å²) >= 11 is 3.17. The molecule has 0 spiro atoms. The van der Waals surface area contributed by atoms with E-state index in [1.165, 1.54) is 18.2 Å². The van der Waals surface area contributed by atoms with Crippen molar-refractivity contribution in [3.63, 3.8) is 0 Å². The van der Waals surface area contributed by atoms with Gasteiger partial charge in [0.15, 0.2) is 0 Å². The van der Waals surface area contributed by atoms with Gasteiger partial charge < -0.3 is 10.4 Å². The minimum atomic E-state index is -0.605. The number of nitro groups is 1. The zero-order valence-electron chi connectivity index (χ0n) is 11.5. The molecule has 0 aromatic heterocycles. The highest BCUT2D eigenvalue weighted by atomic mass is 79.9. The molecule has 0 heterocycles. The molecule has 1 saturated carbocycles. The normalized spacial score (nSPS) is 17.2. The van der Waals surface area contributed by atoms with Crippen LogP contribution in [0.5, 0.6) is 0 Å². The van der Waals surface area contributed by atoms with Crippen molar-refractivity contribution in [3.05, 3.63) is 38.3 Å². The number of hydrogen-bond acceptors (Lipinski definition) is 4. The zero-order chi connectivity index (χ0) is 15.5. The Kier molecular flexibility index (Phi) is 4.95. The third-order valence-corrected chi connectivity index (χ3v) is 4.31. The maximum absolute atomic E-state index is 12.3. The predicted molar refractivity (Wildman–Crippen MR) is 81.2 cm³/mol. The number of aliphatic hydroxyl groups excluding tert-OH is 1. The van der Waals surface area contributed by atoms with Gasteiger partial charge in [0.2, 0.25) is 0 Å². The fourth-order valence-corrected chi connectivity index (χ4v) is 3.16. The van der Waals surface area contributed by atoms with Crippen LogP contribution in [0.3, 0.4) is 0 Å². The molecule has 1 aromatic rings. The smallest absolute Gasteiger partial charge is 0.271 e. The molecule has 0 atom stereocenters. The predicted octanol–water partition coefficient (Wildman–Crippen LogP) is 2.78. The number of benzene rings is 1. The first-order chi connectivity index (χ1) is 9.96. The Morgan fingerprint density at radius 3 is 2.57 bits per heavy atom. The van der Waals surface area contributed by atoms with Gasteiger partial charge in [-0.05, 0) is 18.9 Å². The van der Waals surface area contributed by atoms with Gasteiger partial charge in [-0.2, -0.15) is 0 Å². The molecule has 2 N–H and O–H groups in total. The second kappa shape index (κ2) is 6.53. The van der Waals surface area contributed by atoms with Crippen molar-refractivity contribution in [1.82, 2.24) is 5.32 Å². The van der Waals surface area contributed by atoms with E-state index in [4.69, 9.17) is 0 Å². The maximum Gasteiger partial charge on any atom is 0.271 e. The molecule has 114 valence electrons. The Balaban J connectivity index is 2.21. The van der Waals surface area contributed by atoms with Crippen LogP contribution in [0.15, 0.2) is 22.7 Å². The fraction of sp³-hybridized carbons (Fsp3) is 0.500. The van der Waals surface area contributed by atoms with E-state index in [9.17, 15) is 20.0 Å². The van der Waals surface area contributed by atoms with Crippen molar-refractivity contribution in [3.8, 4) is 0 Å². The van der Waals surface area contributed by atoms with Crippen LogP contribution >= 0.6 is 15.9 Å². The number of amides is 1. The monoisotopic (exact) mass is 356 g/mol. The van der Waals surface area contributed by atoms with Crippen LogP contribution in [0.2, 0.25) is 0 Å². The average molecular weight is 357 g/mol. The number of non-ortho nitro benzene ring substituents is 1. The number of halogens is 1. The molecule has 0 aliphatic heterocycles. The summed E-state index contributed by atoms with van der Waals surface area (Å²) in [5.41, 5.74) is -0.530. The molecule has 1 amide bonds. The molecular weight excluding hydrogens is 340 g/mol. The second-order valence-corrected chi connectivity index (χ2v) is 6.32. The number of nitrogens with zero attached hydrogens (tertiary/aromatic N) is 1. The average Bonchev–Trinajstić information content (AvgIpc) is 2.47. The van der Waals surface area contributed by atoms with E-state index < -0.39 is 16.4 Å².